The van der Waals surface area contributed by atoms with E-state index >= 15 is 0 Å². The zero-order valence-corrected chi connectivity index (χ0v) is 12.1. The lowest BCUT2D eigenvalue weighted by Crippen LogP contribution is -2.21. The van der Waals surface area contributed by atoms with E-state index in [2.05, 4.69) is 29.4 Å². The maximum Gasteiger partial charge on any atom is 0.134 e. The first-order valence-electron chi connectivity index (χ1n) is 6.99. The number of nitrogens with one attached hydrogen (secondary N) is 1. The minimum atomic E-state index is 0.371. The van der Waals surface area contributed by atoms with Gasteiger partial charge in [0, 0.05) is 19.1 Å². The summed E-state index contributed by atoms with van der Waals surface area (Å²) in [7, 11) is 0. The monoisotopic (exact) mass is 269 g/mol. The van der Waals surface area contributed by atoms with Crippen LogP contribution in [-0.4, -0.2) is 30.0 Å². The normalized spacial score (nSPS) is 19.0. The summed E-state index contributed by atoms with van der Waals surface area (Å²) >= 11 is 1.78. The Labute approximate surface area is 113 Å². The van der Waals surface area contributed by atoms with Crippen LogP contribution >= 0.6 is 11.3 Å². The molecule has 1 unspecified atom stereocenters. The largest absolute Gasteiger partial charge is 0.381 e. The van der Waals surface area contributed by atoms with Crippen molar-refractivity contribution >= 4 is 11.3 Å². The third-order valence-corrected chi connectivity index (χ3v) is 4.57. The molecule has 18 heavy (non-hydrogen) atoms. The smallest absolute Gasteiger partial charge is 0.134 e. The molecule has 0 bridgehead atoms. The first-order chi connectivity index (χ1) is 8.85. The van der Waals surface area contributed by atoms with Gasteiger partial charge in [0.2, 0.25) is 0 Å². The molecular weight excluding hydrogens is 246 g/mol. The average molecular weight is 269 g/mol. The van der Waals surface area contributed by atoms with Crippen LogP contribution in [0.2, 0.25) is 0 Å². The van der Waals surface area contributed by atoms with Gasteiger partial charge in [0.1, 0.15) is 10.0 Å². The topological polar surface area (TPSA) is 47.0 Å². The van der Waals surface area contributed by atoms with Crippen LogP contribution in [-0.2, 0) is 4.74 Å². The molecule has 0 spiro atoms. The van der Waals surface area contributed by atoms with Gasteiger partial charge in [0.25, 0.3) is 0 Å². The highest BCUT2D eigenvalue weighted by atomic mass is 32.1. The molecular formula is C13H23N3OS. The first-order valence-corrected chi connectivity index (χ1v) is 7.81. The third-order valence-electron chi connectivity index (χ3n) is 3.37. The Morgan fingerprint density at radius 3 is 2.78 bits per heavy atom. The van der Waals surface area contributed by atoms with Crippen molar-refractivity contribution in [2.24, 2.45) is 0 Å². The fourth-order valence-electron chi connectivity index (χ4n) is 2.22. The Morgan fingerprint density at radius 2 is 2.11 bits per heavy atom. The standard InChI is InChI=1S/C13H23N3OS/c1-3-7-14-11(4-2)13-16-15-12(18-13)10-5-8-17-9-6-10/h10-11,14H,3-9H2,1-2H3. The summed E-state index contributed by atoms with van der Waals surface area (Å²) in [6.07, 6.45) is 4.41. The van der Waals surface area contributed by atoms with Crippen LogP contribution in [0, 0.1) is 0 Å². The molecule has 2 heterocycles. The van der Waals surface area contributed by atoms with E-state index < -0.39 is 0 Å². The van der Waals surface area contributed by atoms with E-state index in [1.165, 1.54) is 5.01 Å². The van der Waals surface area contributed by atoms with Gasteiger partial charge in [-0.15, -0.1) is 10.2 Å². The molecule has 1 N–H and O–H groups in total. The van der Waals surface area contributed by atoms with Crippen LogP contribution in [0.4, 0.5) is 0 Å². The van der Waals surface area contributed by atoms with Crippen molar-refractivity contribution in [3.05, 3.63) is 10.0 Å². The van der Waals surface area contributed by atoms with Crippen molar-refractivity contribution < 1.29 is 4.74 Å². The van der Waals surface area contributed by atoms with Gasteiger partial charge in [0.05, 0.1) is 6.04 Å². The van der Waals surface area contributed by atoms with Crippen molar-refractivity contribution in [2.75, 3.05) is 19.8 Å². The van der Waals surface area contributed by atoms with Crippen LogP contribution in [0.25, 0.3) is 0 Å². The third kappa shape index (κ3) is 3.49. The highest BCUT2D eigenvalue weighted by Gasteiger charge is 2.22. The molecule has 1 fully saturated rings. The van der Waals surface area contributed by atoms with Crippen LogP contribution in [0.15, 0.2) is 0 Å². The summed E-state index contributed by atoms with van der Waals surface area (Å²) in [4.78, 5) is 0. The van der Waals surface area contributed by atoms with Gasteiger partial charge in [-0.3, -0.25) is 0 Å². The second-order valence-electron chi connectivity index (χ2n) is 4.78. The molecule has 0 saturated carbocycles. The van der Waals surface area contributed by atoms with Gasteiger partial charge in [-0.1, -0.05) is 25.2 Å². The van der Waals surface area contributed by atoms with E-state index in [0.29, 0.717) is 12.0 Å². The molecule has 1 atom stereocenters. The highest BCUT2D eigenvalue weighted by Crippen LogP contribution is 2.31. The van der Waals surface area contributed by atoms with E-state index in [1.54, 1.807) is 11.3 Å². The number of hydrogen-bond acceptors (Lipinski definition) is 5. The van der Waals surface area contributed by atoms with E-state index in [0.717, 1.165) is 50.4 Å². The second-order valence-corrected chi connectivity index (χ2v) is 5.82. The average Bonchev–Trinajstić information content (AvgIpc) is 2.90. The zero-order valence-electron chi connectivity index (χ0n) is 11.3. The van der Waals surface area contributed by atoms with Gasteiger partial charge < -0.3 is 10.1 Å². The molecule has 5 heteroatoms. The number of ether oxygens (including phenoxy) is 1. The summed E-state index contributed by atoms with van der Waals surface area (Å²) in [5.74, 6) is 0.564. The highest BCUT2D eigenvalue weighted by molar-refractivity contribution is 7.11. The Morgan fingerprint density at radius 1 is 1.33 bits per heavy atom. The molecule has 102 valence electrons. The van der Waals surface area contributed by atoms with Gasteiger partial charge in [0.15, 0.2) is 0 Å². The van der Waals surface area contributed by atoms with Crippen LogP contribution in [0.1, 0.15) is 61.5 Å². The molecule has 1 saturated heterocycles. The van der Waals surface area contributed by atoms with E-state index in [9.17, 15) is 0 Å². The predicted octanol–water partition coefficient (Wildman–Crippen LogP) is 2.88. The Balaban J connectivity index is 1.98. The number of rotatable bonds is 6. The lowest BCUT2D eigenvalue weighted by Gasteiger charge is -2.19. The lowest BCUT2D eigenvalue weighted by molar-refractivity contribution is 0.0851. The zero-order chi connectivity index (χ0) is 12.8. The maximum absolute atomic E-state index is 5.39. The molecule has 1 aliphatic rings. The molecule has 2 rings (SSSR count). The molecule has 1 aromatic rings. The van der Waals surface area contributed by atoms with Gasteiger partial charge in [-0.2, -0.15) is 0 Å². The summed E-state index contributed by atoms with van der Waals surface area (Å²) in [6.45, 7) is 7.16. The Kier molecular flexibility index (Phi) is 5.53. The fraction of sp³-hybridized carbons (Fsp3) is 0.846. The quantitative estimate of drug-likeness (QED) is 0.862. The SMILES string of the molecule is CCCNC(CC)c1nnc(C2CCOCC2)s1. The second kappa shape index (κ2) is 7.16. The van der Waals surface area contributed by atoms with Crippen LogP contribution in [0.5, 0.6) is 0 Å². The lowest BCUT2D eigenvalue weighted by atomic mass is 10.0. The van der Waals surface area contributed by atoms with Crippen molar-refractivity contribution in [1.82, 2.24) is 15.5 Å². The van der Waals surface area contributed by atoms with Crippen molar-refractivity contribution in [3.63, 3.8) is 0 Å². The molecule has 1 aliphatic heterocycles. The van der Waals surface area contributed by atoms with Crippen molar-refractivity contribution in [3.8, 4) is 0 Å². The predicted molar refractivity (Wildman–Crippen MR) is 74.0 cm³/mol. The fourth-order valence-corrected chi connectivity index (χ4v) is 3.39. The van der Waals surface area contributed by atoms with Crippen LogP contribution < -0.4 is 5.32 Å². The van der Waals surface area contributed by atoms with Crippen molar-refractivity contribution in [1.29, 1.82) is 0 Å². The number of hydrogen-bond donors (Lipinski definition) is 1. The number of aromatic nitrogens is 2. The molecule has 0 aliphatic carbocycles. The van der Waals surface area contributed by atoms with E-state index in [4.69, 9.17) is 4.74 Å². The Hall–Kier alpha value is -0.520. The summed E-state index contributed by atoms with van der Waals surface area (Å²) < 4.78 is 5.39. The van der Waals surface area contributed by atoms with E-state index in [1.807, 2.05) is 0 Å². The van der Waals surface area contributed by atoms with Crippen LogP contribution in [0.3, 0.4) is 0 Å². The Bertz CT molecular complexity index is 350. The first kappa shape index (κ1) is 13.9. The summed E-state index contributed by atoms with van der Waals surface area (Å²) in [6, 6.07) is 0.371. The van der Waals surface area contributed by atoms with Gasteiger partial charge >= 0.3 is 0 Å². The van der Waals surface area contributed by atoms with Crippen molar-refractivity contribution in [2.45, 2.75) is 51.5 Å². The molecule has 0 amide bonds. The molecule has 1 aromatic heterocycles. The number of nitrogens with zero attached hydrogens (tertiary/aromatic N) is 2. The van der Waals surface area contributed by atoms with Gasteiger partial charge in [-0.05, 0) is 32.2 Å². The maximum atomic E-state index is 5.39. The molecule has 0 radical (unpaired) electrons. The minimum absolute atomic E-state index is 0.371. The molecule has 0 aromatic carbocycles. The summed E-state index contributed by atoms with van der Waals surface area (Å²) in [5, 5.41) is 14.7. The molecule has 4 nitrogen and oxygen atoms in total. The summed E-state index contributed by atoms with van der Waals surface area (Å²) in [5.41, 5.74) is 0. The van der Waals surface area contributed by atoms with E-state index in [-0.39, 0.29) is 0 Å². The minimum Gasteiger partial charge on any atom is -0.381 e. The van der Waals surface area contributed by atoms with Gasteiger partial charge in [-0.25, -0.2) is 0 Å².